The smallest absolute Gasteiger partial charge is 0.232 e. The van der Waals surface area contributed by atoms with Crippen molar-refractivity contribution in [1.29, 1.82) is 0 Å². The number of hydrogen-bond acceptors (Lipinski definition) is 2. The van der Waals surface area contributed by atoms with Gasteiger partial charge in [0.25, 0.3) is 0 Å². The second kappa shape index (κ2) is 7.10. The Bertz CT molecular complexity index is 167. The van der Waals surface area contributed by atoms with Crippen LogP contribution in [-0.2, 0) is 4.79 Å². The number of rotatable bonds is 3. The highest BCUT2D eigenvalue weighted by Gasteiger charge is 1.93. The Morgan fingerprint density at radius 1 is 1.55 bits per heavy atom. The average molecular weight is 154 g/mol. The molecule has 0 aliphatic rings. The zero-order valence-electron chi connectivity index (χ0n) is 6.81. The van der Waals surface area contributed by atoms with Crippen molar-refractivity contribution >= 4 is 5.91 Å². The molecule has 0 bridgehead atoms. The molecule has 0 unspecified atom stereocenters. The minimum atomic E-state index is -0.0450. The fourth-order valence-electron chi connectivity index (χ4n) is 0.542. The van der Waals surface area contributed by atoms with Crippen LogP contribution >= 0.6 is 0 Å². The number of nitrogens with two attached hydrogens (primary N) is 1. The minimum absolute atomic E-state index is 0.0450. The third-order valence-corrected chi connectivity index (χ3v) is 1.02. The van der Waals surface area contributed by atoms with E-state index in [1.807, 2.05) is 6.92 Å². The third kappa shape index (κ3) is 6.88. The van der Waals surface area contributed by atoms with Crippen molar-refractivity contribution in [3.8, 4) is 11.8 Å². The second-order valence-electron chi connectivity index (χ2n) is 2.02. The van der Waals surface area contributed by atoms with Gasteiger partial charge < -0.3 is 11.1 Å². The number of hydrogen-bond donors (Lipinski definition) is 2. The molecule has 0 aromatic heterocycles. The Hall–Kier alpha value is -1.01. The van der Waals surface area contributed by atoms with Crippen molar-refractivity contribution in [2.45, 2.75) is 19.8 Å². The van der Waals surface area contributed by atoms with Crippen molar-refractivity contribution < 1.29 is 4.79 Å². The summed E-state index contributed by atoms with van der Waals surface area (Å²) in [6.45, 7) is 2.96. The van der Waals surface area contributed by atoms with E-state index in [1.165, 1.54) is 0 Å². The van der Waals surface area contributed by atoms with Gasteiger partial charge in [0.1, 0.15) is 0 Å². The van der Waals surface area contributed by atoms with Crippen LogP contribution in [0.1, 0.15) is 19.8 Å². The van der Waals surface area contributed by atoms with E-state index in [0.29, 0.717) is 13.1 Å². The first-order valence-electron chi connectivity index (χ1n) is 3.73. The van der Waals surface area contributed by atoms with Crippen molar-refractivity contribution in [2.75, 3.05) is 13.1 Å². The van der Waals surface area contributed by atoms with E-state index in [4.69, 9.17) is 5.73 Å². The fourth-order valence-corrected chi connectivity index (χ4v) is 0.542. The standard InChI is InChI=1S/C8H14N2O/c1-2-3-4-5-8(11)10-7-6-9/h2,5-7,9H2,1H3,(H,10,11). The molecule has 0 heterocycles. The molecule has 0 aliphatic carbocycles. The van der Waals surface area contributed by atoms with Gasteiger partial charge in [0.15, 0.2) is 0 Å². The highest BCUT2D eigenvalue weighted by molar-refractivity contribution is 5.78. The molecule has 3 N–H and O–H groups in total. The lowest BCUT2D eigenvalue weighted by Gasteiger charge is -1.97. The molecule has 3 nitrogen and oxygen atoms in total. The van der Waals surface area contributed by atoms with Gasteiger partial charge in [-0.25, -0.2) is 0 Å². The van der Waals surface area contributed by atoms with Gasteiger partial charge in [0, 0.05) is 19.5 Å². The summed E-state index contributed by atoms with van der Waals surface area (Å²) in [5.41, 5.74) is 5.18. The quantitative estimate of drug-likeness (QED) is 0.556. The Kier molecular flexibility index (Phi) is 6.45. The molecule has 0 spiro atoms. The molecule has 3 heteroatoms. The van der Waals surface area contributed by atoms with E-state index >= 15 is 0 Å². The minimum Gasteiger partial charge on any atom is -0.354 e. The van der Waals surface area contributed by atoms with Crippen molar-refractivity contribution in [2.24, 2.45) is 5.73 Å². The zero-order chi connectivity index (χ0) is 8.53. The van der Waals surface area contributed by atoms with Crippen LogP contribution in [0.5, 0.6) is 0 Å². The monoisotopic (exact) mass is 154 g/mol. The first-order chi connectivity index (χ1) is 5.31. The molecule has 62 valence electrons. The van der Waals surface area contributed by atoms with Gasteiger partial charge >= 0.3 is 0 Å². The molecule has 1 amide bonds. The molecule has 0 aromatic rings. The molecule has 0 rings (SSSR count). The van der Waals surface area contributed by atoms with Gasteiger partial charge in [0.2, 0.25) is 5.91 Å². The van der Waals surface area contributed by atoms with Crippen molar-refractivity contribution in [1.82, 2.24) is 5.32 Å². The van der Waals surface area contributed by atoms with E-state index in [0.717, 1.165) is 6.42 Å². The first kappa shape index (κ1) is 9.99. The van der Waals surface area contributed by atoms with Crippen molar-refractivity contribution in [3.63, 3.8) is 0 Å². The van der Waals surface area contributed by atoms with Crippen LogP contribution in [0, 0.1) is 11.8 Å². The first-order valence-corrected chi connectivity index (χ1v) is 3.73. The molecule has 0 radical (unpaired) electrons. The Balaban J connectivity index is 3.37. The van der Waals surface area contributed by atoms with Gasteiger partial charge in [-0.3, -0.25) is 4.79 Å². The summed E-state index contributed by atoms with van der Waals surface area (Å²) >= 11 is 0. The summed E-state index contributed by atoms with van der Waals surface area (Å²) in [5, 5.41) is 2.62. The molecule has 0 aliphatic heterocycles. The van der Waals surface area contributed by atoms with Crippen LogP contribution in [0.25, 0.3) is 0 Å². The number of carbonyl (C=O) groups is 1. The predicted octanol–water partition coefficient (Wildman–Crippen LogP) is -0.135. The largest absolute Gasteiger partial charge is 0.354 e. The van der Waals surface area contributed by atoms with Gasteiger partial charge in [-0.2, -0.15) is 0 Å². The SMILES string of the molecule is CCC#CCC(=O)NCCN. The molecule has 0 saturated carbocycles. The van der Waals surface area contributed by atoms with Crippen LogP contribution in [0.15, 0.2) is 0 Å². The molecular weight excluding hydrogens is 140 g/mol. The van der Waals surface area contributed by atoms with Gasteiger partial charge in [-0.05, 0) is 0 Å². The Labute approximate surface area is 67.3 Å². The lowest BCUT2D eigenvalue weighted by Crippen LogP contribution is -2.28. The summed E-state index contributed by atoms with van der Waals surface area (Å²) in [6.07, 6.45) is 1.08. The Morgan fingerprint density at radius 2 is 2.27 bits per heavy atom. The van der Waals surface area contributed by atoms with E-state index in [-0.39, 0.29) is 12.3 Å². The predicted molar refractivity (Wildman–Crippen MR) is 44.7 cm³/mol. The van der Waals surface area contributed by atoms with Gasteiger partial charge in [-0.1, -0.05) is 12.8 Å². The summed E-state index contributed by atoms with van der Waals surface area (Å²) in [6, 6.07) is 0. The van der Waals surface area contributed by atoms with Crippen LogP contribution in [0.2, 0.25) is 0 Å². The number of amides is 1. The summed E-state index contributed by atoms with van der Waals surface area (Å²) < 4.78 is 0. The maximum atomic E-state index is 10.8. The lowest BCUT2D eigenvalue weighted by molar-refractivity contribution is -0.120. The van der Waals surface area contributed by atoms with E-state index in [2.05, 4.69) is 17.2 Å². The number of nitrogens with one attached hydrogen (secondary N) is 1. The summed E-state index contributed by atoms with van der Waals surface area (Å²) in [5.74, 6) is 5.51. The fraction of sp³-hybridized carbons (Fsp3) is 0.625. The van der Waals surface area contributed by atoms with Crippen LogP contribution in [-0.4, -0.2) is 19.0 Å². The van der Waals surface area contributed by atoms with Crippen LogP contribution in [0.4, 0.5) is 0 Å². The van der Waals surface area contributed by atoms with E-state index < -0.39 is 0 Å². The van der Waals surface area contributed by atoms with E-state index in [1.54, 1.807) is 0 Å². The summed E-state index contributed by atoms with van der Waals surface area (Å²) in [4.78, 5) is 10.8. The topological polar surface area (TPSA) is 55.1 Å². The maximum absolute atomic E-state index is 10.8. The van der Waals surface area contributed by atoms with Gasteiger partial charge in [0.05, 0.1) is 6.42 Å². The maximum Gasteiger partial charge on any atom is 0.232 e. The van der Waals surface area contributed by atoms with Crippen LogP contribution < -0.4 is 11.1 Å². The van der Waals surface area contributed by atoms with E-state index in [9.17, 15) is 4.79 Å². The second-order valence-corrected chi connectivity index (χ2v) is 2.02. The third-order valence-electron chi connectivity index (χ3n) is 1.02. The van der Waals surface area contributed by atoms with Crippen LogP contribution in [0.3, 0.4) is 0 Å². The number of carbonyl (C=O) groups excluding carboxylic acids is 1. The molecule has 11 heavy (non-hydrogen) atoms. The summed E-state index contributed by atoms with van der Waals surface area (Å²) in [7, 11) is 0. The molecule has 0 atom stereocenters. The lowest BCUT2D eigenvalue weighted by atomic mass is 10.3. The normalized spacial score (nSPS) is 8.18. The Morgan fingerprint density at radius 3 is 2.82 bits per heavy atom. The molecule has 0 aromatic carbocycles. The molecule has 0 saturated heterocycles. The van der Waals surface area contributed by atoms with Gasteiger partial charge in [-0.15, -0.1) is 5.92 Å². The van der Waals surface area contributed by atoms with Crippen molar-refractivity contribution in [3.05, 3.63) is 0 Å². The highest BCUT2D eigenvalue weighted by Crippen LogP contribution is 1.76. The average Bonchev–Trinajstić information content (AvgIpc) is 2.01. The highest BCUT2D eigenvalue weighted by atomic mass is 16.1. The zero-order valence-corrected chi connectivity index (χ0v) is 6.81. The molecule has 0 fully saturated rings. The molecular formula is C8H14N2O.